The lowest BCUT2D eigenvalue weighted by molar-refractivity contribution is 0.102. The van der Waals surface area contributed by atoms with Crippen molar-refractivity contribution in [2.75, 3.05) is 19.5 Å². The van der Waals surface area contributed by atoms with E-state index in [0.29, 0.717) is 12.2 Å². The molecule has 0 fully saturated rings. The fourth-order valence-corrected chi connectivity index (χ4v) is 3.03. The number of rotatable bonds is 7. The van der Waals surface area contributed by atoms with Crippen LogP contribution >= 0.6 is 0 Å². The van der Waals surface area contributed by atoms with Crippen molar-refractivity contribution in [2.45, 2.75) is 13.0 Å². The predicted molar refractivity (Wildman–Crippen MR) is 107 cm³/mol. The Bertz CT molecular complexity index is 907. The van der Waals surface area contributed by atoms with E-state index in [4.69, 9.17) is 9.47 Å². The van der Waals surface area contributed by atoms with Gasteiger partial charge in [-0.2, -0.15) is 0 Å². The highest BCUT2D eigenvalue weighted by molar-refractivity contribution is 6.05. The Morgan fingerprint density at radius 1 is 0.889 bits per heavy atom. The number of carbonyl (C=O) groups is 1. The summed E-state index contributed by atoms with van der Waals surface area (Å²) >= 11 is 0. The first-order valence-electron chi connectivity index (χ1n) is 8.80. The maximum Gasteiger partial charge on any atom is 0.256 e. The van der Waals surface area contributed by atoms with Crippen LogP contribution in [0.25, 0.3) is 0 Å². The van der Waals surface area contributed by atoms with Gasteiger partial charge in [0.2, 0.25) is 0 Å². The summed E-state index contributed by atoms with van der Waals surface area (Å²) < 4.78 is 10.7. The van der Waals surface area contributed by atoms with Crippen LogP contribution in [0.15, 0.2) is 72.8 Å². The Hall–Kier alpha value is -3.11. The second-order valence-electron chi connectivity index (χ2n) is 6.23. The maximum absolute atomic E-state index is 12.7. The van der Waals surface area contributed by atoms with Crippen molar-refractivity contribution < 1.29 is 14.3 Å². The zero-order chi connectivity index (χ0) is 19.1. The first kappa shape index (κ1) is 18.7. The summed E-state index contributed by atoms with van der Waals surface area (Å²) in [6.45, 7) is 0.394. The number of benzene rings is 3. The minimum Gasteiger partial charge on any atom is -0.496 e. The van der Waals surface area contributed by atoms with Gasteiger partial charge in [-0.15, -0.1) is 0 Å². The average molecular weight is 361 g/mol. The lowest BCUT2D eigenvalue weighted by Crippen LogP contribution is -2.14. The molecular weight excluding hydrogens is 338 g/mol. The van der Waals surface area contributed by atoms with E-state index in [1.807, 2.05) is 54.6 Å². The van der Waals surface area contributed by atoms with Gasteiger partial charge in [-0.25, -0.2) is 0 Å². The third-order valence-electron chi connectivity index (χ3n) is 4.34. The van der Waals surface area contributed by atoms with Crippen LogP contribution in [-0.4, -0.2) is 20.1 Å². The Kier molecular flexibility index (Phi) is 6.23. The summed E-state index contributed by atoms with van der Waals surface area (Å²) in [4.78, 5) is 12.7. The molecule has 0 bridgehead atoms. The zero-order valence-corrected chi connectivity index (χ0v) is 15.6. The van der Waals surface area contributed by atoms with Gasteiger partial charge in [0.15, 0.2) is 0 Å². The fourth-order valence-electron chi connectivity index (χ4n) is 3.03. The number of anilines is 1. The molecule has 0 unspecified atom stereocenters. The maximum atomic E-state index is 12.7. The van der Waals surface area contributed by atoms with Crippen LogP contribution in [0, 0.1) is 0 Å². The average Bonchev–Trinajstić information content (AvgIpc) is 2.70. The van der Waals surface area contributed by atoms with Gasteiger partial charge in [0, 0.05) is 30.3 Å². The molecule has 1 amide bonds. The number of amides is 1. The van der Waals surface area contributed by atoms with Crippen LogP contribution in [0.5, 0.6) is 5.75 Å². The first-order valence-corrected chi connectivity index (χ1v) is 8.80. The minimum atomic E-state index is -0.154. The van der Waals surface area contributed by atoms with Crippen LogP contribution in [0.3, 0.4) is 0 Å². The molecular formula is C23H23NO3. The molecule has 3 rings (SSSR count). The molecule has 0 radical (unpaired) electrons. The molecule has 3 aromatic rings. The van der Waals surface area contributed by atoms with E-state index in [1.165, 1.54) is 5.56 Å². The van der Waals surface area contributed by atoms with E-state index in [1.54, 1.807) is 20.3 Å². The van der Waals surface area contributed by atoms with Crippen molar-refractivity contribution in [2.24, 2.45) is 0 Å². The van der Waals surface area contributed by atoms with Crippen molar-refractivity contribution in [1.82, 2.24) is 0 Å². The Labute approximate surface area is 159 Å². The topological polar surface area (TPSA) is 47.6 Å². The summed E-state index contributed by atoms with van der Waals surface area (Å²) in [7, 11) is 3.27. The van der Waals surface area contributed by atoms with Gasteiger partial charge in [0.05, 0.1) is 13.7 Å². The lowest BCUT2D eigenvalue weighted by Gasteiger charge is -2.13. The highest BCUT2D eigenvalue weighted by atomic mass is 16.5. The summed E-state index contributed by atoms with van der Waals surface area (Å²) in [5.41, 5.74) is 4.41. The normalized spacial score (nSPS) is 10.4. The summed E-state index contributed by atoms with van der Waals surface area (Å²) in [5, 5.41) is 2.98. The van der Waals surface area contributed by atoms with Gasteiger partial charge in [0.1, 0.15) is 5.75 Å². The number of nitrogens with one attached hydrogen (secondary N) is 1. The van der Waals surface area contributed by atoms with E-state index < -0.39 is 0 Å². The number of methoxy groups -OCH3 is 2. The second-order valence-corrected chi connectivity index (χ2v) is 6.23. The summed E-state index contributed by atoms with van der Waals surface area (Å²) in [6, 6.07) is 23.3. The van der Waals surface area contributed by atoms with Gasteiger partial charge >= 0.3 is 0 Å². The first-order chi connectivity index (χ1) is 13.2. The number of ether oxygens (including phenoxy) is 2. The molecule has 0 saturated heterocycles. The highest BCUT2D eigenvalue weighted by Crippen LogP contribution is 2.26. The van der Waals surface area contributed by atoms with Crippen molar-refractivity contribution in [3.05, 3.63) is 95.1 Å². The SMILES string of the molecule is COCc1ccccc1C(=O)Nc1ccc(OC)c(Cc2ccccc2)c1. The highest BCUT2D eigenvalue weighted by Gasteiger charge is 2.12. The molecule has 4 nitrogen and oxygen atoms in total. The van der Waals surface area contributed by atoms with Crippen LogP contribution in [0.2, 0.25) is 0 Å². The monoisotopic (exact) mass is 361 g/mol. The largest absolute Gasteiger partial charge is 0.496 e. The standard InChI is InChI=1S/C23H23NO3/c1-26-16-18-10-6-7-11-21(18)23(25)24-20-12-13-22(27-2)19(15-20)14-17-8-4-3-5-9-17/h3-13,15H,14,16H2,1-2H3,(H,24,25). The van der Waals surface area contributed by atoms with Crippen molar-refractivity contribution in [1.29, 1.82) is 0 Å². The van der Waals surface area contributed by atoms with Gasteiger partial charge in [0.25, 0.3) is 5.91 Å². The lowest BCUT2D eigenvalue weighted by atomic mass is 10.0. The van der Waals surface area contributed by atoms with Crippen LogP contribution < -0.4 is 10.1 Å². The predicted octanol–water partition coefficient (Wildman–Crippen LogP) is 4.68. The van der Waals surface area contributed by atoms with Crippen LogP contribution in [-0.2, 0) is 17.8 Å². The molecule has 0 aliphatic heterocycles. The molecule has 3 aromatic carbocycles. The van der Waals surface area contributed by atoms with Gasteiger partial charge in [-0.3, -0.25) is 4.79 Å². The van der Waals surface area contributed by atoms with Gasteiger partial charge in [-0.05, 0) is 35.4 Å². The van der Waals surface area contributed by atoms with E-state index in [0.717, 1.165) is 29.0 Å². The summed E-state index contributed by atoms with van der Waals surface area (Å²) in [6.07, 6.45) is 0.730. The van der Waals surface area contributed by atoms with E-state index in [2.05, 4.69) is 17.4 Å². The number of carbonyl (C=O) groups excluding carboxylic acids is 1. The Morgan fingerprint density at radius 2 is 1.63 bits per heavy atom. The molecule has 0 aromatic heterocycles. The summed E-state index contributed by atoms with van der Waals surface area (Å²) in [5.74, 6) is 0.648. The quantitative estimate of drug-likeness (QED) is 0.664. The second kappa shape index (κ2) is 9.01. The molecule has 0 saturated carbocycles. The molecule has 138 valence electrons. The zero-order valence-electron chi connectivity index (χ0n) is 15.6. The van der Waals surface area contributed by atoms with E-state index in [-0.39, 0.29) is 5.91 Å². The van der Waals surface area contributed by atoms with E-state index >= 15 is 0 Å². The molecule has 0 aliphatic carbocycles. The van der Waals surface area contributed by atoms with Gasteiger partial charge in [-0.1, -0.05) is 48.5 Å². The molecule has 0 heterocycles. The fraction of sp³-hybridized carbons (Fsp3) is 0.174. The Morgan fingerprint density at radius 3 is 2.37 bits per heavy atom. The number of hydrogen-bond acceptors (Lipinski definition) is 3. The van der Waals surface area contributed by atoms with Crippen LogP contribution in [0.4, 0.5) is 5.69 Å². The van der Waals surface area contributed by atoms with Gasteiger partial charge < -0.3 is 14.8 Å². The smallest absolute Gasteiger partial charge is 0.256 e. The minimum absolute atomic E-state index is 0.154. The van der Waals surface area contributed by atoms with Crippen molar-refractivity contribution >= 4 is 11.6 Å². The Balaban J connectivity index is 1.83. The molecule has 0 spiro atoms. The molecule has 0 atom stereocenters. The van der Waals surface area contributed by atoms with Crippen LogP contribution in [0.1, 0.15) is 27.0 Å². The molecule has 27 heavy (non-hydrogen) atoms. The van der Waals surface area contributed by atoms with Crippen molar-refractivity contribution in [3.8, 4) is 5.75 Å². The molecule has 0 aliphatic rings. The molecule has 1 N–H and O–H groups in total. The molecule has 4 heteroatoms. The van der Waals surface area contributed by atoms with Crippen molar-refractivity contribution in [3.63, 3.8) is 0 Å². The number of hydrogen-bond donors (Lipinski definition) is 1. The van der Waals surface area contributed by atoms with E-state index in [9.17, 15) is 4.79 Å². The third kappa shape index (κ3) is 4.74. The third-order valence-corrected chi connectivity index (χ3v) is 4.34.